The summed E-state index contributed by atoms with van der Waals surface area (Å²) in [5.74, 6) is -0.0598. The maximum atomic E-state index is 12.4. The number of rotatable bonds is 39. The predicted octanol–water partition coefficient (Wildman–Crippen LogP) is 13.1. The van der Waals surface area contributed by atoms with Gasteiger partial charge in [-0.05, 0) is 19.3 Å². The number of aliphatic hydroxyl groups is 2. The Morgan fingerprint density at radius 3 is 1.11 bits per heavy atom. The van der Waals surface area contributed by atoms with Crippen LogP contribution in [0.2, 0.25) is 0 Å². The van der Waals surface area contributed by atoms with Crippen LogP contribution in [0.25, 0.3) is 0 Å². The van der Waals surface area contributed by atoms with E-state index in [1.54, 1.807) is 6.08 Å². The smallest absolute Gasteiger partial charge is 0.220 e. The summed E-state index contributed by atoms with van der Waals surface area (Å²) in [6.45, 7) is 4.32. The van der Waals surface area contributed by atoms with Crippen LogP contribution in [-0.4, -0.2) is 34.9 Å². The molecule has 3 N–H and O–H groups in total. The molecule has 0 saturated carbocycles. The second-order valence-electron chi connectivity index (χ2n) is 14.8. The van der Waals surface area contributed by atoms with Crippen LogP contribution in [0.15, 0.2) is 12.2 Å². The van der Waals surface area contributed by atoms with Gasteiger partial charge in [0.1, 0.15) is 0 Å². The van der Waals surface area contributed by atoms with Crippen LogP contribution in [-0.2, 0) is 4.79 Å². The van der Waals surface area contributed by atoms with E-state index in [1.165, 1.54) is 193 Å². The third-order valence-electron chi connectivity index (χ3n) is 10.0. The normalized spacial score (nSPS) is 13.0. The Morgan fingerprint density at radius 1 is 0.489 bits per heavy atom. The fourth-order valence-electron chi connectivity index (χ4n) is 6.71. The number of hydrogen-bond acceptors (Lipinski definition) is 3. The minimum atomic E-state index is -0.833. The summed E-state index contributed by atoms with van der Waals surface area (Å²) in [5.41, 5.74) is 0. The lowest BCUT2D eigenvalue weighted by molar-refractivity contribution is -0.123. The zero-order valence-electron chi connectivity index (χ0n) is 32.1. The third-order valence-corrected chi connectivity index (χ3v) is 10.0. The number of hydrogen-bond donors (Lipinski definition) is 3. The Bertz CT molecular complexity index is 637. The van der Waals surface area contributed by atoms with E-state index in [-0.39, 0.29) is 12.5 Å². The molecule has 2 unspecified atom stereocenters. The lowest BCUT2D eigenvalue weighted by Gasteiger charge is -2.20. The van der Waals surface area contributed by atoms with Crippen LogP contribution in [0.1, 0.15) is 239 Å². The molecule has 0 spiro atoms. The van der Waals surface area contributed by atoms with E-state index in [1.807, 2.05) is 6.08 Å². The molecule has 0 aromatic heterocycles. The molecule has 0 rings (SSSR count). The average Bonchev–Trinajstić information content (AvgIpc) is 3.07. The lowest BCUT2D eigenvalue weighted by atomic mass is 10.0. The summed E-state index contributed by atoms with van der Waals surface area (Å²) < 4.78 is 0. The van der Waals surface area contributed by atoms with Gasteiger partial charge in [-0.15, -0.1) is 0 Å². The highest BCUT2D eigenvalue weighted by Crippen LogP contribution is 2.16. The van der Waals surface area contributed by atoms with Gasteiger partial charge in [-0.1, -0.05) is 225 Å². The van der Waals surface area contributed by atoms with Crippen molar-refractivity contribution in [2.24, 2.45) is 0 Å². The van der Waals surface area contributed by atoms with Crippen LogP contribution in [0.3, 0.4) is 0 Å². The topological polar surface area (TPSA) is 69.6 Å². The molecular formula is C43H85NO3. The second-order valence-corrected chi connectivity index (χ2v) is 14.8. The van der Waals surface area contributed by atoms with E-state index in [0.717, 1.165) is 25.7 Å². The van der Waals surface area contributed by atoms with Gasteiger partial charge in [0.2, 0.25) is 5.91 Å². The first kappa shape index (κ1) is 46.1. The van der Waals surface area contributed by atoms with Gasteiger partial charge in [0.15, 0.2) is 0 Å². The van der Waals surface area contributed by atoms with Gasteiger partial charge in [-0.25, -0.2) is 0 Å². The second kappa shape index (κ2) is 39.6. The molecule has 1 amide bonds. The molecule has 0 aromatic rings. The molecule has 280 valence electrons. The molecule has 0 bridgehead atoms. The standard InChI is InChI=1S/C43H85NO3/c1-3-5-7-9-11-13-15-17-19-20-21-22-23-25-27-29-31-33-35-37-39-43(47)44-41(40-45)42(46)38-36-34-32-30-28-26-24-18-16-14-12-10-8-6-4-2/h36,38,41-42,45-46H,3-35,37,39-40H2,1-2H3,(H,44,47)/b38-36+. The Morgan fingerprint density at radius 2 is 0.787 bits per heavy atom. The summed E-state index contributed by atoms with van der Waals surface area (Å²) in [6, 6.07) is -0.615. The van der Waals surface area contributed by atoms with Crippen molar-refractivity contribution < 1.29 is 15.0 Å². The van der Waals surface area contributed by atoms with Crippen LogP contribution in [0.5, 0.6) is 0 Å². The largest absolute Gasteiger partial charge is 0.394 e. The Labute approximate surface area is 295 Å². The zero-order chi connectivity index (χ0) is 34.3. The first-order valence-electron chi connectivity index (χ1n) is 21.4. The number of nitrogens with one attached hydrogen (secondary N) is 1. The van der Waals surface area contributed by atoms with Crippen LogP contribution >= 0.6 is 0 Å². The van der Waals surface area contributed by atoms with Gasteiger partial charge in [0.25, 0.3) is 0 Å². The van der Waals surface area contributed by atoms with E-state index in [4.69, 9.17) is 0 Å². The van der Waals surface area contributed by atoms with Crippen molar-refractivity contribution in [2.75, 3.05) is 6.61 Å². The molecule has 4 nitrogen and oxygen atoms in total. The predicted molar refractivity (Wildman–Crippen MR) is 207 cm³/mol. The van der Waals surface area contributed by atoms with E-state index in [2.05, 4.69) is 19.2 Å². The molecule has 0 aliphatic heterocycles. The van der Waals surface area contributed by atoms with Crippen LogP contribution in [0.4, 0.5) is 0 Å². The maximum Gasteiger partial charge on any atom is 0.220 e. The molecule has 0 saturated heterocycles. The highest BCUT2D eigenvalue weighted by atomic mass is 16.3. The molecular weight excluding hydrogens is 578 g/mol. The SMILES string of the molecule is CCCCCCCCCCCCCCC/C=C/C(O)C(CO)NC(=O)CCCCCCCCCCCCCCCCCCCCCC. The number of amides is 1. The average molecular weight is 664 g/mol. The van der Waals surface area contributed by atoms with Crippen molar-refractivity contribution in [1.82, 2.24) is 5.32 Å². The first-order valence-corrected chi connectivity index (χ1v) is 21.4. The Kier molecular flexibility index (Phi) is 38.8. The summed E-state index contributed by atoms with van der Waals surface area (Å²) in [5, 5.41) is 23.0. The van der Waals surface area contributed by atoms with E-state index in [9.17, 15) is 15.0 Å². The molecule has 0 heterocycles. The van der Waals surface area contributed by atoms with Crippen LogP contribution in [0, 0.1) is 0 Å². The summed E-state index contributed by atoms with van der Waals surface area (Å²) in [4.78, 5) is 12.4. The first-order chi connectivity index (χ1) is 23.2. The monoisotopic (exact) mass is 664 g/mol. The lowest BCUT2D eigenvalue weighted by Crippen LogP contribution is -2.45. The van der Waals surface area contributed by atoms with Crippen molar-refractivity contribution >= 4 is 5.91 Å². The summed E-state index contributed by atoms with van der Waals surface area (Å²) in [6.07, 6.45) is 48.8. The summed E-state index contributed by atoms with van der Waals surface area (Å²) in [7, 11) is 0. The summed E-state index contributed by atoms with van der Waals surface area (Å²) >= 11 is 0. The van der Waals surface area contributed by atoms with E-state index < -0.39 is 12.1 Å². The minimum Gasteiger partial charge on any atom is -0.394 e. The fraction of sp³-hybridized carbons (Fsp3) is 0.930. The van der Waals surface area contributed by atoms with Gasteiger partial charge in [0.05, 0.1) is 18.8 Å². The van der Waals surface area contributed by atoms with Crippen molar-refractivity contribution in [1.29, 1.82) is 0 Å². The van der Waals surface area contributed by atoms with Gasteiger partial charge in [-0.2, -0.15) is 0 Å². The number of allylic oxidation sites excluding steroid dienone is 1. The molecule has 0 aromatic carbocycles. The zero-order valence-corrected chi connectivity index (χ0v) is 32.1. The molecule has 0 radical (unpaired) electrons. The number of unbranched alkanes of at least 4 members (excludes halogenated alkanes) is 32. The fourth-order valence-corrected chi connectivity index (χ4v) is 6.71. The molecule has 47 heavy (non-hydrogen) atoms. The Hall–Kier alpha value is -0.870. The van der Waals surface area contributed by atoms with E-state index >= 15 is 0 Å². The molecule has 0 aliphatic carbocycles. The minimum absolute atomic E-state index is 0.0598. The number of carbonyl (C=O) groups excluding carboxylic acids is 1. The van der Waals surface area contributed by atoms with Gasteiger partial charge in [-0.3, -0.25) is 4.79 Å². The quantitative estimate of drug-likeness (QED) is 0.0453. The maximum absolute atomic E-state index is 12.4. The van der Waals surface area contributed by atoms with Crippen molar-refractivity contribution in [3.05, 3.63) is 12.2 Å². The molecule has 0 aliphatic rings. The molecule has 0 fully saturated rings. The van der Waals surface area contributed by atoms with Crippen LogP contribution < -0.4 is 5.32 Å². The third kappa shape index (κ3) is 36.2. The number of aliphatic hydroxyl groups excluding tert-OH is 2. The Balaban J connectivity index is 3.52. The van der Waals surface area contributed by atoms with E-state index in [0.29, 0.717) is 6.42 Å². The van der Waals surface area contributed by atoms with Crippen molar-refractivity contribution in [3.8, 4) is 0 Å². The highest BCUT2D eigenvalue weighted by molar-refractivity contribution is 5.76. The van der Waals surface area contributed by atoms with Gasteiger partial charge in [0, 0.05) is 6.42 Å². The van der Waals surface area contributed by atoms with Gasteiger partial charge >= 0.3 is 0 Å². The molecule has 4 heteroatoms. The van der Waals surface area contributed by atoms with Crippen molar-refractivity contribution in [2.45, 2.75) is 251 Å². The number of carbonyl (C=O) groups is 1. The van der Waals surface area contributed by atoms with Crippen molar-refractivity contribution in [3.63, 3.8) is 0 Å². The van der Waals surface area contributed by atoms with Gasteiger partial charge < -0.3 is 15.5 Å². The molecule has 2 atom stereocenters. The highest BCUT2D eigenvalue weighted by Gasteiger charge is 2.17.